The zero-order valence-electron chi connectivity index (χ0n) is 16.5. The maximum Gasteiger partial charge on any atom is 0.193 e. The second-order valence-electron chi connectivity index (χ2n) is 7.90. The summed E-state index contributed by atoms with van der Waals surface area (Å²) in [6.07, 6.45) is 4.64. The van der Waals surface area contributed by atoms with Gasteiger partial charge in [0.2, 0.25) is 0 Å². The van der Waals surface area contributed by atoms with Gasteiger partial charge in [-0.05, 0) is 41.6 Å². The van der Waals surface area contributed by atoms with Crippen molar-refractivity contribution in [1.29, 1.82) is 0 Å². The van der Waals surface area contributed by atoms with Gasteiger partial charge in [-0.1, -0.05) is 42.5 Å². The molecule has 1 N–H and O–H groups in total. The second-order valence-corrected chi connectivity index (χ2v) is 11.0. The third-order valence-electron chi connectivity index (χ3n) is 5.84. The number of thiazole rings is 1. The van der Waals surface area contributed by atoms with Crippen molar-refractivity contribution in [2.45, 2.75) is 28.8 Å². The van der Waals surface area contributed by atoms with E-state index < -0.39 is 9.84 Å². The zero-order valence-corrected chi connectivity index (χ0v) is 18.1. The van der Waals surface area contributed by atoms with Crippen molar-refractivity contribution in [3.63, 3.8) is 0 Å². The van der Waals surface area contributed by atoms with Crippen LogP contribution in [0.25, 0.3) is 10.9 Å². The normalized spacial score (nSPS) is 17.7. The number of aromatic amines is 1. The fourth-order valence-electron chi connectivity index (χ4n) is 4.34. The summed E-state index contributed by atoms with van der Waals surface area (Å²) in [6, 6.07) is 16.5. The fraction of sp³-hybridized carbons (Fsp3) is 0.261. The molecule has 5 nitrogen and oxygen atoms in total. The highest BCUT2D eigenvalue weighted by Gasteiger charge is 2.25. The topological polar surface area (TPSA) is 66.1 Å². The van der Waals surface area contributed by atoms with Crippen molar-refractivity contribution in [3.8, 4) is 0 Å². The lowest BCUT2D eigenvalue weighted by atomic mass is 9.97. The zero-order chi connectivity index (χ0) is 20.6. The number of benzene rings is 2. The smallest absolute Gasteiger partial charge is 0.193 e. The molecular formula is C23H23N3O2S2. The Labute approximate surface area is 180 Å². The van der Waals surface area contributed by atoms with Gasteiger partial charge in [0.25, 0.3) is 0 Å². The number of aromatic nitrogens is 2. The number of likely N-dealkylation sites (tertiary alicyclic amines) is 1. The molecule has 1 atom stereocenters. The molecule has 0 aliphatic carbocycles. The lowest BCUT2D eigenvalue weighted by Gasteiger charge is -2.16. The Balaban J connectivity index is 1.28. The largest absolute Gasteiger partial charge is 0.361 e. The van der Waals surface area contributed by atoms with Gasteiger partial charge in [0.05, 0.1) is 17.5 Å². The first-order chi connectivity index (χ1) is 14.6. The minimum Gasteiger partial charge on any atom is -0.361 e. The number of sulfone groups is 1. The summed E-state index contributed by atoms with van der Waals surface area (Å²) >= 11 is 1.17. The van der Waals surface area contributed by atoms with Crippen molar-refractivity contribution < 1.29 is 8.42 Å². The van der Waals surface area contributed by atoms with E-state index in [2.05, 4.69) is 57.5 Å². The molecule has 1 aliphatic heterocycles. The van der Waals surface area contributed by atoms with Gasteiger partial charge in [0, 0.05) is 30.2 Å². The van der Waals surface area contributed by atoms with Crippen LogP contribution in [-0.4, -0.2) is 36.4 Å². The Hall–Kier alpha value is -2.48. The third-order valence-corrected chi connectivity index (χ3v) is 8.88. The van der Waals surface area contributed by atoms with E-state index in [1.54, 1.807) is 5.51 Å². The van der Waals surface area contributed by atoms with Crippen LogP contribution in [0.5, 0.6) is 0 Å². The van der Waals surface area contributed by atoms with Crippen LogP contribution < -0.4 is 0 Å². The summed E-state index contributed by atoms with van der Waals surface area (Å²) < 4.78 is 25.5. The molecule has 0 spiro atoms. The predicted molar refractivity (Wildman–Crippen MR) is 120 cm³/mol. The summed E-state index contributed by atoms with van der Waals surface area (Å²) in [5.41, 5.74) is 6.14. The first-order valence-corrected chi connectivity index (χ1v) is 12.6. The molecule has 1 unspecified atom stereocenters. The van der Waals surface area contributed by atoms with Crippen molar-refractivity contribution in [3.05, 3.63) is 83.1 Å². The molecule has 1 aliphatic rings. The van der Waals surface area contributed by atoms with Crippen LogP contribution in [0.15, 0.2) is 70.6 Å². The quantitative estimate of drug-likeness (QED) is 0.479. The number of para-hydroxylation sites is 1. The van der Waals surface area contributed by atoms with Gasteiger partial charge < -0.3 is 4.98 Å². The Morgan fingerprint density at radius 3 is 2.93 bits per heavy atom. The average molecular weight is 438 g/mol. The highest BCUT2D eigenvalue weighted by molar-refractivity contribution is 7.92. The van der Waals surface area contributed by atoms with E-state index in [1.807, 2.05) is 12.1 Å². The molecule has 3 heterocycles. The molecule has 1 saturated heterocycles. The number of H-pyrrole nitrogens is 1. The van der Waals surface area contributed by atoms with Crippen LogP contribution in [0.1, 0.15) is 29.0 Å². The lowest BCUT2D eigenvalue weighted by Crippen LogP contribution is -2.19. The van der Waals surface area contributed by atoms with E-state index in [-0.39, 0.29) is 5.75 Å². The van der Waals surface area contributed by atoms with Gasteiger partial charge in [-0.3, -0.25) is 9.88 Å². The van der Waals surface area contributed by atoms with E-state index in [9.17, 15) is 8.42 Å². The standard InChI is InChI=1S/C23H23N3O2S2/c27-30(28,23-12-24-16-29-23)15-17-4-3-5-18(10-17)19-8-9-26(13-19)14-20-11-25-22-7-2-1-6-21(20)22/h1-7,10-12,16,19,25H,8-9,13-15H2. The molecule has 0 amide bonds. The van der Waals surface area contributed by atoms with Crippen molar-refractivity contribution in [2.75, 3.05) is 13.1 Å². The minimum atomic E-state index is -3.33. The van der Waals surface area contributed by atoms with Crippen LogP contribution in [0, 0.1) is 0 Å². The number of hydrogen-bond donors (Lipinski definition) is 1. The van der Waals surface area contributed by atoms with Crippen LogP contribution in [-0.2, 0) is 22.1 Å². The molecule has 1 fully saturated rings. The highest BCUT2D eigenvalue weighted by Crippen LogP contribution is 2.30. The van der Waals surface area contributed by atoms with Gasteiger partial charge in [-0.15, -0.1) is 11.3 Å². The van der Waals surface area contributed by atoms with Gasteiger partial charge in [0.1, 0.15) is 4.21 Å². The van der Waals surface area contributed by atoms with Crippen LogP contribution in [0.2, 0.25) is 0 Å². The number of nitrogens with one attached hydrogen (secondary N) is 1. The van der Waals surface area contributed by atoms with E-state index in [0.717, 1.165) is 31.6 Å². The molecule has 7 heteroatoms. The predicted octanol–water partition coefficient (Wildman–Crippen LogP) is 4.59. The number of nitrogens with zero attached hydrogens (tertiary/aromatic N) is 2. The Morgan fingerprint density at radius 1 is 1.17 bits per heavy atom. The van der Waals surface area contributed by atoms with E-state index in [1.165, 1.54) is 39.6 Å². The average Bonchev–Trinajstić information content (AvgIpc) is 3.50. The SMILES string of the molecule is O=S(=O)(Cc1cccc(C2CCN(Cc3c[nH]c4ccccc34)C2)c1)c1cncs1. The Kier molecular flexibility index (Phi) is 5.18. The summed E-state index contributed by atoms with van der Waals surface area (Å²) in [6.45, 7) is 2.97. The van der Waals surface area contributed by atoms with Gasteiger partial charge in [0.15, 0.2) is 9.84 Å². The molecule has 0 saturated carbocycles. The maximum absolute atomic E-state index is 12.6. The lowest BCUT2D eigenvalue weighted by molar-refractivity contribution is 0.328. The van der Waals surface area contributed by atoms with Gasteiger partial charge in [-0.25, -0.2) is 8.42 Å². The molecule has 30 heavy (non-hydrogen) atoms. The Bertz CT molecular complexity index is 1260. The first-order valence-electron chi connectivity index (χ1n) is 10.1. The van der Waals surface area contributed by atoms with Gasteiger partial charge >= 0.3 is 0 Å². The second kappa shape index (κ2) is 7.98. The summed E-state index contributed by atoms with van der Waals surface area (Å²) in [4.78, 5) is 9.75. The fourth-order valence-corrected chi connectivity index (χ4v) is 6.56. The van der Waals surface area contributed by atoms with Crippen LogP contribution in [0.4, 0.5) is 0 Å². The van der Waals surface area contributed by atoms with Gasteiger partial charge in [-0.2, -0.15) is 0 Å². The number of hydrogen-bond acceptors (Lipinski definition) is 5. The molecule has 154 valence electrons. The molecule has 2 aromatic carbocycles. The number of fused-ring (bicyclic) bond motifs is 1. The van der Waals surface area contributed by atoms with E-state index >= 15 is 0 Å². The minimum absolute atomic E-state index is 0.0226. The number of rotatable bonds is 6. The van der Waals surface area contributed by atoms with E-state index in [4.69, 9.17) is 0 Å². The van der Waals surface area contributed by atoms with Crippen molar-refractivity contribution >= 4 is 32.1 Å². The van der Waals surface area contributed by atoms with E-state index in [0.29, 0.717) is 10.1 Å². The molecule has 0 bridgehead atoms. The summed E-state index contributed by atoms with van der Waals surface area (Å²) in [5, 5.41) is 1.29. The maximum atomic E-state index is 12.6. The monoisotopic (exact) mass is 437 g/mol. The molecular weight excluding hydrogens is 414 g/mol. The summed E-state index contributed by atoms with van der Waals surface area (Å²) in [7, 11) is -3.33. The van der Waals surface area contributed by atoms with Crippen LogP contribution in [0.3, 0.4) is 0 Å². The molecule has 0 radical (unpaired) electrons. The highest BCUT2D eigenvalue weighted by atomic mass is 32.2. The van der Waals surface area contributed by atoms with Crippen molar-refractivity contribution in [2.24, 2.45) is 0 Å². The third kappa shape index (κ3) is 3.93. The van der Waals surface area contributed by atoms with Crippen molar-refractivity contribution in [1.82, 2.24) is 14.9 Å². The summed E-state index contributed by atoms with van der Waals surface area (Å²) in [5.74, 6) is 0.454. The Morgan fingerprint density at radius 2 is 2.07 bits per heavy atom. The molecule has 5 rings (SSSR count). The van der Waals surface area contributed by atoms with Crippen LogP contribution >= 0.6 is 11.3 Å². The molecule has 4 aromatic rings. The first kappa shape index (κ1) is 19.5. The molecule has 2 aromatic heterocycles.